The molecule has 1 aromatic rings. The Morgan fingerprint density at radius 3 is 2.96 bits per heavy atom. The number of ether oxygens (including phenoxy) is 1. The Bertz CT molecular complexity index is 727. The van der Waals surface area contributed by atoms with Crippen LogP contribution in [-0.4, -0.2) is 35.2 Å². The predicted molar refractivity (Wildman–Crippen MR) is 92.6 cm³/mol. The lowest BCUT2D eigenvalue weighted by Gasteiger charge is -2.64. The molecule has 6 rings (SSSR count). The Balaban J connectivity index is 1.56. The van der Waals surface area contributed by atoms with E-state index in [1.807, 2.05) is 6.07 Å². The number of piperidine rings is 1. The number of rotatable bonds is 2. The molecule has 1 aromatic carbocycles. The number of phenols is 1. The van der Waals surface area contributed by atoms with E-state index in [9.17, 15) is 5.11 Å². The Labute approximate surface area is 144 Å². The summed E-state index contributed by atoms with van der Waals surface area (Å²) in [7, 11) is 0. The molecule has 0 amide bonds. The molecule has 0 radical (unpaired) electrons. The molecule has 4 atom stereocenters. The van der Waals surface area contributed by atoms with E-state index in [1.54, 1.807) is 0 Å². The first-order chi connectivity index (χ1) is 11.6. The van der Waals surface area contributed by atoms with E-state index in [2.05, 4.69) is 17.9 Å². The molecule has 5 aliphatic rings. The van der Waals surface area contributed by atoms with Crippen molar-refractivity contribution in [2.75, 3.05) is 13.1 Å². The van der Waals surface area contributed by atoms with Crippen molar-refractivity contribution in [3.05, 3.63) is 23.3 Å². The molecule has 3 nitrogen and oxygen atoms in total. The first-order valence-electron chi connectivity index (χ1n) is 9.89. The predicted octanol–water partition coefficient (Wildman–Crippen LogP) is 3.62. The minimum atomic E-state index is 0.150. The van der Waals surface area contributed by atoms with Crippen LogP contribution in [0.4, 0.5) is 0 Å². The molecule has 2 saturated carbocycles. The zero-order valence-corrected chi connectivity index (χ0v) is 14.6. The second kappa shape index (κ2) is 4.30. The lowest BCUT2D eigenvalue weighted by molar-refractivity contribution is -0.115. The van der Waals surface area contributed by atoms with Crippen LogP contribution < -0.4 is 4.74 Å². The number of hydrogen-bond donors (Lipinski definition) is 1. The van der Waals surface area contributed by atoms with Crippen molar-refractivity contribution in [2.24, 2.45) is 11.3 Å². The Hall–Kier alpha value is -1.22. The van der Waals surface area contributed by atoms with Crippen molar-refractivity contribution < 1.29 is 9.84 Å². The van der Waals surface area contributed by atoms with Gasteiger partial charge in [0, 0.05) is 23.6 Å². The quantitative estimate of drug-likeness (QED) is 0.901. The average Bonchev–Trinajstić information content (AvgIpc) is 3.30. The monoisotopic (exact) mass is 325 g/mol. The van der Waals surface area contributed by atoms with Gasteiger partial charge < -0.3 is 9.84 Å². The molecule has 1 saturated heterocycles. The first kappa shape index (κ1) is 14.0. The summed E-state index contributed by atoms with van der Waals surface area (Å²) in [4.78, 5) is 2.83. The van der Waals surface area contributed by atoms with E-state index in [1.165, 1.54) is 56.3 Å². The summed E-state index contributed by atoms with van der Waals surface area (Å²) in [6, 6.07) is 4.70. The highest BCUT2D eigenvalue weighted by Gasteiger charge is 2.69. The molecule has 3 heteroatoms. The SMILES string of the molecule is C[C@@]12CCC[C@@H]3Oc4c(O)ccc5c4[C@@]31CCN(CC1CC1)[C@@H]2C5. The van der Waals surface area contributed by atoms with Gasteiger partial charge in [-0.25, -0.2) is 0 Å². The molecule has 0 unspecified atom stereocenters. The maximum absolute atomic E-state index is 10.4. The molecular weight excluding hydrogens is 298 g/mol. The zero-order valence-electron chi connectivity index (χ0n) is 14.6. The molecule has 1 N–H and O–H groups in total. The van der Waals surface area contributed by atoms with E-state index in [-0.39, 0.29) is 11.5 Å². The standard InChI is InChI=1S/C21H27NO2/c1-20-8-2-3-17-21(20)9-10-22(12-13-4-5-13)16(20)11-14-6-7-15(23)19(24-17)18(14)21/h6-7,13,16-17,23H,2-5,8-12H2,1H3/t16-,17+,20+,21-/m1/s1. The second-order valence-corrected chi connectivity index (χ2v) is 9.24. The third-order valence-corrected chi connectivity index (χ3v) is 8.23. The number of aromatic hydroxyl groups is 1. The summed E-state index contributed by atoms with van der Waals surface area (Å²) in [5.41, 5.74) is 3.30. The van der Waals surface area contributed by atoms with E-state index in [4.69, 9.17) is 4.74 Å². The van der Waals surface area contributed by atoms with Crippen LogP contribution >= 0.6 is 0 Å². The van der Waals surface area contributed by atoms with E-state index in [0.717, 1.165) is 24.5 Å². The van der Waals surface area contributed by atoms with Crippen molar-refractivity contribution in [3.8, 4) is 11.5 Å². The number of phenolic OH excluding ortho intramolecular Hbond substituents is 1. The highest BCUT2D eigenvalue weighted by Crippen LogP contribution is 2.69. The fourth-order valence-electron chi connectivity index (χ4n) is 6.96. The molecule has 3 aliphatic carbocycles. The van der Waals surface area contributed by atoms with Gasteiger partial charge in [-0.15, -0.1) is 0 Å². The van der Waals surface area contributed by atoms with Gasteiger partial charge in [0.15, 0.2) is 11.5 Å². The van der Waals surface area contributed by atoms with Crippen molar-refractivity contribution in [2.45, 2.75) is 69.4 Å². The molecule has 1 spiro atoms. The maximum atomic E-state index is 10.4. The molecule has 2 bridgehead atoms. The van der Waals surface area contributed by atoms with Crippen molar-refractivity contribution in [1.29, 1.82) is 0 Å². The summed E-state index contributed by atoms with van der Waals surface area (Å²) < 4.78 is 6.43. The van der Waals surface area contributed by atoms with Crippen LogP contribution in [0.5, 0.6) is 11.5 Å². The first-order valence-corrected chi connectivity index (χ1v) is 9.89. The van der Waals surface area contributed by atoms with Crippen LogP contribution in [0.1, 0.15) is 56.6 Å². The van der Waals surface area contributed by atoms with Gasteiger partial charge in [0.2, 0.25) is 0 Å². The van der Waals surface area contributed by atoms with E-state index < -0.39 is 0 Å². The molecule has 2 aliphatic heterocycles. The second-order valence-electron chi connectivity index (χ2n) is 9.24. The van der Waals surface area contributed by atoms with Gasteiger partial charge in [0.05, 0.1) is 0 Å². The lowest BCUT2D eigenvalue weighted by atomic mass is 9.44. The minimum absolute atomic E-state index is 0.150. The summed E-state index contributed by atoms with van der Waals surface area (Å²) in [6.07, 6.45) is 9.23. The van der Waals surface area contributed by atoms with E-state index in [0.29, 0.717) is 17.2 Å². The number of likely N-dealkylation sites (tertiary alicyclic amines) is 1. The summed E-state index contributed by atoms with van der Waals surface area (Å²) in [5.74, 6) is 2.15. The molecule has 0 aromatic heterocycles. The van der Waals surface area contributed by atoms with Gasteiger partial charge >= 0.3 is 0 Å². The van der Waals surface area contributed by atoms with Gasteiger partial charge in [-0.05, 0) is 74.5 Å². The van der Waals surface area contributed by atoms with Gasteiger partial charge in [0.1, 0.15) is 6.10 Å². The molecule has 3 fully saturated rings. The fourth-order valence-corrected chi connectivity index (χ4v) is 6.96. The lowest BCUT2D eigenvalue weighted by Crippen LogP contribution is -2.70. The number of benzene rings is 1. The van der Waals surface area contributed by atoms with Gasteiger partial charge in [-0.1, -0.05) is 13.0 Å². The molecule has 128 valence electrons. The van der Waals surface area contributed by atoms with Gasteiger partial charge in [-0.3, -0.25) is 4.90 Å². The third-order valence-electron chi connectivity index (χ3n) is 8.23. The van der Waals surface area contributed by atoms with Crippen molar-refractivity contribution in [3.63, 3.8) is 0 Å². The average molecular weight is 325 g/mol. The number of hydrogen-bond acceptors (Lipinski definition) is 3. The smallest absolute Gasteiger partial charge is 0.165 e. The molecular formula is C21H27NO2. The Morgan fingerprint density at radius 1 is 1.25 bits per heavy atom. The summed E-state index contributed by atoms with van der Waals surface area (Å²) in [6.45, 7) is 5.07. The van der Waals surface area contributed by atoms with Crippen LogP contribution in [0, 0.1) is 11.3 Å². The van der Waals surface area contributed by atoms with Gasteiger partial charge in [0.25, 0.3) is 0 Å². The van der Waals surface area contributed by atoms with Crippen molar-refractivity contribution in [1.82, 2.24) is 4.90 Å². The maximum Gasteiger partial charge on any atom is 0.165 e. The summed E-state index contributed by atoms with van der Waals surface area (Å²) >= 11 is 0. The normalized spacial score (nSPS) is 42.5. The summed E-state index contributed by atoms with van der Waals surface area (Å²) in [5, 5.41) is 10.4. The van der Waals surface area contributed by atoms with Crippen molar-refractivity contribution >= 4 is 0 Å². The highest BCUT2D eigenvalue weighted by molar-refractivity contribution is 5.61. The van der Waals surface area contributed by atoms with E-state index >= 15 is 0 Å². The molecule has 24 heavy (non-hydrogen) atoms. The zero-order chi connectivity index (χ0) is 16.1. The van der Waals surface area contributed by atoms with Crippen LogP contribution in [0.3, 0.4) is 0 Å². The highest BCUT2D eigenvalue weighted by atomic mass is 16.5. The van der Waals surface area contributed by atoms with Crippen LogP contribution in [0.25, 0.3) is 0 Å². The Morgan fingerprint density at radius 2 is 2.12 bits per heavy atom. The van der Waals surface area contributed by atoms with Gasteiger partial charge in [-0.2, -0.15) is 0 Å². The largest absolute Gasteiger partial charge is 0.504 e. The fraction of sp³-hybridized carbons (Fsp3) is 0.714. The number of nitrogens with zero attached hydrogens (tertiary/aromatic N) is 1. The molecule has 2 heterocycles. The van der Waals surface area contributed by atoms with Crippen LogP contribution in [-0.2, 0) is 11.8 Å². The van der Waals surface area contributed by atoms with Crippen LogP contribution in [0.15, 0.2) is 12.1 Å². The van der Waals surface area contributed by atoms with Crippen LogP contribution in [0.2, 0.25) is 0 Å². The minimum Gasteiger partial charge on any atom is -0.504 e. The topological polar surface area (TPSA) is 32.7 Å². The third kappa shape index (κ3) is 1.45. The Kier molecular flexibility index (Phi) is 2.51.